The Bertz CT molecular complexity index is 1330. The van der Waals surface area contributed by atoms with Crippen molar-refractivity contribution in [2.24, 2.45) is 0 Å². The van der Waals surface area contributed by atoms with Crippen LogP contribution in [0.5, 0.6) is 5.75 Å². The molecule has 180 valence electrons. The first-order chi connectivity index (χ1) is 16.9. The van der Waals surface area contributed by atoms with E-state index >= 15 is 0 Å². The predicted molar refractivity (Wildman–Crippen MR) is 130 cm³/mol. The summed E-state index contributed by atoms with van der Waals surface area (Å²) in [7, 11) is 1.52. The molecule has 9 nitrogen and oxygen atoms in total. The average molecular weight is 493 g/mol. The van der Waals surface area contributed by atoms with Gasteiger partial charge in [0.2, 0.25) is 5.91 Å². The Kier molecular flexibility index (Phi) is 7.51. The molecule has 0 aliphatic heterocycles. The van der Waals surface area contributed by atoms with Gasteiger partial charge in [0, 0.05) is 10.4 Å². The number of methoxy groups -OCH3 is 1. The highest BCUT2D eigenvalue weighted by atomic mass is 32.1. The van der Waals surface area contributed by atoms with Crippen LogP contribution in [-0.4, -0.2) is 34.1 Å². The van der Waals surface area contributed by atoms with E-state index in [0.29, 0.717) is 11.4 Å². The number of esters is 1. The summed E-state index contributed by atoms with van der Waals surface area (Å²) in [5.41, 5.74) is 3.43. The highest BCUT2D eigenvalue weighted by Gasteiger charge is 2.18. The Labute approximate surface area is 206 Å². The molecular weight excluding hydrogens is 468 g/mol. The Balaban J connectivity index is 1.31. The third-order valence-electron chi connectivity index (χ3n) is 5.00. The smallest absolute Gasteiger partial charge is 0.311 e. The van der Waals surface area contributed by atoms with Crippen LogP contribution in [0.1, 0.15) is 27.2 Å². The number of benzene rings is 2. The third-order valence-corrected chi connectivity index (χ3v) is 5.97. The van der Waals surface area contributed by atoms with Crippen LogP contribution in [0.15, 0.2) is 53.1 Å². The SMILES string of the molecule is COc1ccccc1NC(=O)Cc1noc(COC(=O)Cc2sc(C)nc2-c2ccc(C)cc2)n1. The average Bonchev–Trinajstić information content (AvgIpc) is 3.44. The minimum atomic E-state index is -0.435. The van der Waals surface area contributed by atoms with Gasteiger partial charge in [-0.2, -0.15) is 4.98 Å². The van der Waals surface area contributed by atoms with Crippen molar-refractivity contribution in [3.63, 3.8) is 0 Å². The second kappa shape index (κ2) is 10.9. The lowest BCUT2D eigenvalue weighted by Gasteiger charge is -2.08. The van der Waals surface area contributed by atoms with E-state index in [1.807, 2.05) is 38.1 Å². The van der Waals surface area contributed by atoms with E-state index in [0.717, 1.165) is 26.7 Å². The Hall–Kier alpha value is -4.05. The zero-order valence-corrected chi connectivity index (χ0v) is 20.3. The summed E-state index contributed by atoms with van der Waals surface area (Å²) in [4.78, 5) is 34.3. The second-order valence-corrected chi connectivity index (χ2v) is 9.03. The van der Waals surface area contributed by atoms with E-state index in [4.69, 9.17) is 14.0 Å². The van der Waals surface area contributed by atoms with Gasteiger partial charge in [-0.1, -0.05) is 47.1 Å². The van der Waals surface area contributed by atoms with Crippen molar-refractivity contribution in [2.75, 3.05) is 12.4 Å². The van der Waals surface area contributed by atoms with Gasteiger partial charge in [-0.3, -0.25) is 9.59 Å². The molecule has 10 heteroatoms. The molecule has 0 radical (unpaired) electrons. The molecule has 0 spiro atoms. The highest BCUT2D eigenvalue weighted by Crippen LogP contribution is 2.29. The van der Waals surface area contributed by atoms with Crippen LogP contribution in [0.25, 0.3) is 11.3 Å². The Morgan fingerprint density at radius 1 is 1.03 bits per heavy atom. The maximum Gasteiger partial charge on any atom is 0.311 e. The third kappa shape index (κ3) is 6.30. The van der Waals surface area contributed by atoms with Crippen LogP contribution in [0.3, 0.4) is 0 Å². The standard InChI is InChI=1S/C25H24N4O5S/c1-15-8-10-17(11-9-15)25-20(35-16(2)26-25)12-24(31)33-14-23-28-21(29-34-23)13-22(30)27-18-6-4-5-7-19(18)32-3/h4-11H,12-14H2,1-3H3,(H,27,30). The predicted octanol–water partition coefficient (Wildman–Crippen LogP) is 4.29. The topological polar surface area (TPSA) is 116 Å². The van der Waals surface area contributed by atoms with Crippen molar-refractivity contribution in [3.05, 3.63) is 75.7 Å². The van der Waals surface area contributed by atoms with Gasteiger partial charge < -0.3 is 19.3 Å². The maximum absolute atomic E-state index is 12.5. The van der Waals surface area contributed by atoms with Crippen LogP contribution in [0.4, 0.5) is 5.69 Å². The van der Waals surface area contributed by atoms with Gasteiger partial charge in [0.05, 0.1) is 36.3 Å². The van der Waals surface area contributed by atoms with Crippen LogP contribution in [0, 0.1) is 13.8 Å². The van der Waals surface area contributed by atoms with Gasteiger partial charge in [-0.05, 0) is 26.0 Å². The first-order valence-electron chi connectivity index (χ1n) is 10.8. The number of nitrogens with zero attached hydrogens (tertiary/aromatic N) is 3. The van der Waals surface area contributed by atoms with Crippen molar-refractivity contribution < 1.29 is 23.6 Å². The number of para-hydroxylation sites is 2. The summed E-state index contributed by atoms with van der Waals surface area (Å²) in [6, 6.07) is 15.1. The molecule has 0 fully saturated rings. The summed E-state index contributed by atoms with van der Waals surface area (Å²) in [6.07, 6.45) is -0.0213. The van der Waals surface area contributed by atoms with Gasteiger partial charge in [0.25, 0.3) is 5.89 Å². The number of rotatable bonds is 9. The molecule has 2 aromatic heterocycles. The molecule has 0 aliphatic rings. The number of nitrogens with one attached hydrogen (secondary N) is 1. The number of ether oxygens (including phenoxy) is 2. The van der Waals surface area contributed by atoms with Crippen LogP contribution < -0.4 is 10.1 Å². The fraction of sp³-hybridized carbons (Fsp3) is 0.240. The molecule has 2 aromatic carbocycles. The summed E-state index contributed by atoms with van der Waals surface area (Å²) in [5, 5.41) is 7.41. The molecule has 4 rings (SSSR count). The first kappa shape index (κ1) is 24.1. The number of hydrogen-bond donors (Lipinski definition) is 1. The molecule has 0 aliphatic carbocycles. The number of amides is 1. The minimum absolute atomic E-state index is 0.0804. The van der Waals surface area contributed by atoms with Crippen LogP contribution in [-0.2, 0) is 33.8 Å². The largest absolute Gasteiger partial charge is 0.495 e. The zero-order chi connectivity index (χ0) is 24.8. The van der Waals surface area contributed by atoms with Crippen molar-refractivity contribution >= 4 is 28.9 Å². The molecule has 35 heavy (non-hydrogen) atoms. The van der Waals surface area contributed by atoms with Crippen LogP contribution in [0.2, 0.25) is 0 Å². The minimum Gasteiger partial charge on any atom is -0.495 e. The fourth-order valence-corrected chi connectivity index (χ4v) is 4.30. The van der Waals surface area contributed by atoms with E-state index in [1.165, 1.54) is 18.4 Å². The van der Waals surface area contributed by atoms with Gasteiger partial charge >= 0.3 is 5.97 Å². The lowest BCUT2D eigenvalue weighted by molar-refractivity contribution is -0.144. The Morgan fingerprint density at radius 3 is 2.57 bits per heavy atom. The van der Waals surface area contributed by atoms with E-state index in [1.54, 1.807) is 24.3 Å². The number of carbonyl (C=O) groups excluding carboxylic acids is 2. The number of carbonyl (C=O) groups is 2. The van der Waals surface area contributed by atoms with E-state index in [9.17, 15) is 9.59 Å². The molecule has 0 atom stereocenters. The van der Waals surface area contributed by atoms with Gasteiger partial charge in [0.1, 0.15) is 5.75 Å². The van der Waals surface area contributed by atoms with Gasteiger partial charge in [-0.15, -0.1) is 11.3 Å². The zero-order valence-electron chi connectivity index (χ0n) is 19.5. The monoisotopic (exact) mass is 492 g/mol. The molecule has 1 N–H and O–H groups in total. The van der Waals surface area contributed by atoms with Crippen LogP contribution >= 0.6 is 11.3 Å². The Morgan fingerprint density at radius 2 is 1.80 bits per heavy atom. The number of thiazole rings is 1. The quantitative estimate of drug-likeness (QED) is 0.344. The first-order valence-corrected chi connectivity index (χ1v) is 11.7. The number of anilines is 1. The van der Waals surface area contributed by atoms with Crippen molar-refractivity contribution in [1.29, 1.82) is 0 Å². The molecule has 4 aromatic rings. The summed E-state index contributed by atoms with van der Waals surface area (Å²) < 4.78 is 15.7. The lowest BCUT2D eigenvalue weighted by Crippen LogP contribution is -2.15. The molecule has 2 heterocycles. The molecule has 1 amide bonds. The highest BCUT2D eigenvalue weighted by molar-refractivity contribution is 7.12. The summed E-state index contributed by atoms with van der Waals surface area (Å²) in [5.74, 6) is 0.0721. The van der Waals surface area contributed by atoms with Gasteiger partial charge in [-0.25, -0.2) is 4.98 Å². The van der Waals surface area contributed by atoms with Crippen molar-refractivity contribution in [3.8, 4) is 17.0 Å². The second-order valence-electron chi connectivity index (χ2n) is 7.74. The fourth-order valence-electron chi connectivity index (χ4n) is 3.36. The maximum atomic E-state index is 12.5. The number of aromatic nitrogens is 3. The lowest BCUT2D eigenvalue weighted by atomic mass is 10.1. The van der Waals surface area contributed by atoms with Crippen molar-refractivity contribution in [2.45, 2.75) is 33.3 Å². The number of aryl methyl sites for hydroxylation is 2. The number of hydrogen-bond acceptors (Lipinski definition) is 9. The van der Waals surface area contributed by atoms with E-state index < -0.39 is 5.97 Å². The van der Waals surface area contributed by atoms with Crippen molar-refractivity contribution in [1.82, 2.24) is 15.1 Å². The molecule has 0 saturated heterocycles. The molecule has 0 unspecified atom stereocenters. The molecular formula is C25H24N4O5S. The molecule has 0 saturated carbocycles. The molecule has 0 bridgehead atoms. The normalized spacial score (nSPS) is 10.7. The van der Waals surface area contributed by atoms with E-state index in [2.05, 4.69) is 20.4 Å². The van der Waals surface area contributed by atoms with Gasteiger partial charge in [0.15, 0.2) is 12.4 Å². The summed E-state index contributed by atoms with van der Waals surface area (Å²) in [6.45, 7) is 3.74. The van der Waals surface area contributed by atoms with E-state index in [-0.39, 0.29) is 37.1 Å². The summed E-state index contributed by atoms with van der Waals surface area (Å²) >= 11 is 1.46.